The van der Waals surface area contributed by atoms with Gasteiger partial charge in [-0.05, 0) is 18.5 Å². The van der Waals surface area contributed by atoms with Gasteiger partial charge in [-0.1, -0.05) is 5.92 Å². The zero-order chi connectivity index (χ0) is 10.4. The molecule has 0 aliphatic heterocycles. The highest BCUT2D eigenvalue weighted by molar-refractivity contribution is 6.28. The Hall–Kier alpha value is -1.78. The molecule has 1 heterocycles. The van der Waals surface area contributed by atoms with Crippen LogP contribution in [0, 0.1) is 23.2 Å². The molecule has 0 aliphatic carbocycles. The van der Waals surface area contributed by atoms with E-state index in [9.17, 15) is 0 Å². The van der Waals surface area contributed by atoms with Gasteiger partial charge in [-0.3, -0.25) is 0 Å². The molecule has 0 bridgehead atoms. The summed E-state index contributed by atoms with van der Waals surface area (Å²) in [6.45, 7) is 1.88. The summed E-state index contributed by atoms with van der Waals surface area (Å²) in [6, 6.07) is 1.89. The van der Waals surface area contributed by atoms with Crippen molar-refractivity contribution < 1.29 is 4.74 Å². The molecule has 0 N–H and O–H groups in total. The third-order valence-electron chi connectivity index (χ3n) is 1.30. The van der Waals surface area contributed by atoms with Crippen molar-refractivity contribution in [3.05, 3.63) is 17.0 Å². The van der Waals surface area contributed by atoms with Gasteiger partial charge in [0.05, 0.1) is 6.20 Å². The number of nitriles is 1. The number of nitrogens with zero attached hydrogens (tertiary/aromatic N) is 3. The van der Waals surface area contributed by atoms with Crippen LogP contribution in [-0.2, 0) is 0 Å². The molecule has 0 amide bonds. The van der Waals surface area contributed by atoms with E-state index >= 15 is 0 Å². The van der Waals surface area contributed by atoms with Crippen LogP contribution in [0.25, 0.3) is 0 Å². The highest BCUT2D eigenvalue weighted by Gasteiger charge is 2.05. The highest BCUT2D eigenvalue weighted by Crippen LogP contribution is 2.14. The second-order valence-electron chi connectivity index (χ2n) is 2.19. The fourth-order valence-electron chi connectivity index (χ4n) is 0.709. The maximum atomic E-state index is 8.68. The van der Waals surface area contributed by atoms with Gasteiger partial charge in [0.2, 0.25) is 11.2 Å². The maximum Gasteiger partial charge on any atom is 0.237 e. The van der Waals surface area contributed by atoms with Crippen molar-refractivity contribution in [1.82, 2.24) is 9.97 Å². The number of rotatable bonds is 2. The van der Waals surface area contributed by atoms with E-state index < -0.39 is 0 Å². The van der Waals surface area contributed by atoms with Crippen LogP contribution in [0.1, 0.15) is 12.5 Å². The molecule has 0 radical (unpaired) electrons. The quantitative estimate of drug-likeness (QED) is 0.543. The van der Waals surface area contributed by atoms with Crippen LogP contribution in [0.2, 0.25) is 5.28 Å². The van der Waals surface area contributed by atoms with E-state index in [1.165, 1.54) is 6.20 Å². The lowest BCUT2D eigenvalue weighted by Crippen LogP contribution is -2.00. The molecule has 0 atom stereocenters. The second kappa shape index (κ2) is 5.06. The third kappa shape index (κ3) is 2.62. The summed E-state index contributed by atoms with van der Waals surface area (Å²) < 4.78 is 5.12. The molecule has 14 heavy (non-hydrogen) atoms. The van der Waals surface area contributed by atoms with Gasteiger partial charge in [-0.2, -0.15) is 10.2 Å². The number of hydrogen-bond donors (Lipinski definition) is 0. The Bertz CT molecular complexity index is 428. The Kier molecular flexibility index (Phi) is 3.72. The molecule has 0 saturated carbocycles. The van der Waals surface area contributed by atoms with Gasteiger partial charge in [-0.25, -0.2) is 4.98 Å². The van der Waals surface area contributed by atoms with E-state index in [0.717, 1.165) is 0 Å². The molecule has 5 heteroatoms. The SMILES string of the molecule is CC#CCOc1nc(Cl)ncc1C#N. The summed E-state index contributed by atoms with van der Waals surface area (Å²) in [5.74, 6) is 5.50. The fraction of sp³-hybridized carbons (Fsp3) is 0.222. The molecule has 0 aliphatic rings. The molecule has 1 rings (SSSR count). The van der Waals surface area contributed by atoms with Crippen LogP contribution in [0.4, 0.5) is 0 Å². The summed E-state index contributed by atoms with van der Waals surface area (Å²) in [4.78, 5) is 7.41. The molecule has 0 saturated heterocycles. The van der Waals surface area contributed by atoms with E-state index in [4.69, 9.17) is 21.6 Å². The van der Waals surface area contributed by atoms with Crippen molar-refractivity contribution in [1.29, 1.82) is 5.26 Å². The van der Waals surface area contributed by atoms with Crippen molar-refractivity contribution >= 4 is 11.6 Å². The van der Waals surface area contributed by atoms with Crippen LogP contribution in [0.5, 0.6) is 5.88 Å². The maximum absolute atomic E-state index is 8.68. The topological polar surface area (TPSA) is 58.8 Å². The highest BCUT2D eigenvalue weighted by atomic mass is 35.5. The third-order valence-corrected chi connectivity index (χ3v) is 1.48. The number of ether oxygens (including phenoxy) is 1. The predicted octanol–water partition coefficient (Wildman–Crippen LogP) is 1.40. The van der Waals surface area contributed by atoms with Gasteiger partial charge >= 0.3 is 0 Å². The summed E-state index contributed by atoms with van der Waals surface area (Å²) >= 11 is 5.54. The van der Waals surface area contributed by atoms with Crippen molar-refractivity contribution in [2.24, 2.45) is 0 Å². The van der Waals surface area contributed by atoms with E-state index in [2.05, 4.69) is 21.8 Å². The Balaban J connectivity index is 2.87. The smallest absolute Gasteiger partial charge is 0.237 e. The Morgan fingerprint density at radius 3 is 3.07 bits per heavy atom. The van der Waals surface area contributed by atoms with Gasteiger partial charge in [0.1, 0.15) is 11.6 Å². The molecule has 1 aromatic rings. The van der Waals surface area contributed by atoms with Gasteiger partial charge in [-0.15, -0.1) is 5.92 Å². The molecule has 0 unspecified atom stereocenters. The zero-order valence-corrected chi connectivity index (χ0v) is 8.17. The predicted molar refractivity (Wildman–Crippen MR) is 50.7 cm³/mol. The lowest BCUT2D eigenvalue weighted by atomic mass is 10.4. The van der Waals surface area contributed by atoms with Crippen molar-refractivity contribution in [3.8, 4) is 23.8 Å². The summed E-state index contributed by atoms with van der Waals surface area (Å²) in [6.07, 6.45) is 1.31. The fourth-order valence-corrected chi connectivity index (χ4v) is 0.835. The average molecular weight is 208 g/mol. The van der Waals surface area contributed by atoms with E-state index in [-0.39, 0.29) is 23.3 Å². The van der Waals surface area contributed by atoms with E-state index in [1.54, 1.807) is 6.92 Å². The van der Waals surface area contributed by atoms with Crippen LogP contribution < -0.4 is 4.74 Å². The molecular formula is C9H6ClN3O. The minimum absolute atomic E-state index is 0.0449. The Morgan fingerprint density at radius 1 is 1.64 bits per heavy atom. The first-order valence-corrected chi connectivity index (χ1v) is 4.10. The van der Waals surface area contributed by atoms with E-state index in [0.29, 0.717) is 0 Å². The van der Waals surface area contributed by atoms with Crippen LogP contribution >= 0.6 is 11.6 Å². The van der Waals surface area contributed by atoms with Gasteiger partial charge in [0.25, 0.3) is 0 Å². The lowest BCUT2D eigenvalue weighted by Gasteiger charge is -2.01. The molecular weight excluding hydrogens is 202 g/mol. The summed E-state index contributed by atoms with van der Waals surface area (Å²) in [7, 11) is 0. The Labute approximate surface area is 86.5 Å². The van der Waals surface area contributed by atoms with Gasteiger partial charge < -0.3 is 4.74 Å². The van der Waals surface area contributed by atoms with Crippen molar-refractivity contribution in [2.45, 2.75) is 6.92 Å². The standard InChI is InChI=1S/C9H6ClN3O/c1-2-3-4-14-8-7(5-11)6-12-9(10)13-8/h6H,4H2,1H3. The molecule has 0 spiro atoms. The Morgan fingerprint density at radius 2 is 2.43 bits per heavy atom. The number of aromatic nitrogens is 2. The van der Waals surface area contributed by atoms with Crippen LogP contribution in [0.3, 0.4) is 0 Å². The molecule has 0 fully saturated rings. The molecule has 0 aromatic carbocycles. The van der Waals surface area contributed by atoms with Crippen LogP contribution in [0.15, 0.2) is 6.20 Å². The second-order valence-corrected chi connectivity index (χ2v) is 2.52. The summed E-state index contributed by atoms with van der Waals surface area (Å²) in [5, 5.41) is 8.72. The van der Waals surface area contributed by atoms with Gasteiger partial charge in [0.15, 0.2) is 6.61 Å². The normalized spacial score (nSPS) is 8.36. The van der Waals surface area contributed by atoms with Crippen LogP contribution in [-0.4, -0.2) is 16.6 Å². The first-order chi connectivity index (χ1) is 6.77. The van der Waals surface area contributed by atoms with Crippen molar-refractivity contribution in [2.75, 3.05) is 6.61 Å². The summed E-state index contributed by atoms with van der Waals surface area (Å²) in [5.41, 5.74) is 0.243. The van der Waals surface area contributed by atoms with Crippen molar-refractivity contribution in [3.63, 3.8) is 0 Å². The molecule has 4 nitrogen and oxygen atoms in total. The minimum atomic E-state index is 0.0449. The lowest BCUT2D eigenvalue weighted by molar-refractivity contribution is 0.353. The first kappa shape index (κ1) is 10.3. The van der Waals surface area contributed by atoms with Gasteiger partial charge in [0, 0.05) is 0 Å². The minimum Gasteiger partial charge on any atom is -0.463 e. The largest absolute Gasteiger partial charge is 0.463 e. The first-order valence-electron chi connectivity index (χ1n) is 3.73. The number of halogens is 1. The molecule has 1 aromatic heterocycles. The number of hydrogen-bond acceptors (Lipinski definition) is 4. The van der Waals surface area contributed by atoms with E-state index in [1.807, 2.05) is 6.07 Å². The monoisotopic (exact) mass is 207 g/mol. The average Bonchev–Trinajstić information content (AvgIpc) is 2.19. The molecule has 70 valence electrons. The zero-order valence-electron chi connectivity index (χ0n) is 7.41.